The van der Waals surface area contributed by atoms with Gasteiger partial charge in [0.2, 0.25) is 5.91 Å². The van der Waals surface area contributed by atoms with E-state index >= 15 is 0 Å². The Morgan fingerprint density at radius 3 is 2.13 bits per heavy atom. The van der Waals surface area contributed by atoms with E-state index in [9.17, 15) is 9.59 Å². The van der Waals surface area contributed by atoms with Crippen molar-refractivity contribution in [3.05, 3.63) is 0 Å². The highest BCUT2D eigenvalue weighted by Crippen LogP contribution is 2.28. The number of urea groups is 1. The normalized spacial score (nSPS) is 23.5. The van der Waals surface area contributed by atoms with Crippen LogP contribution in [0.5, 0.6) is 0 Å². The zero-order valence-corrected chi connectivity index (χ0v) is 14.3. The number of carbonyl (C=O) groups is 2. The molecule has 0 radical (unpaired) electrons. The summed E-state index contributed by atoms with van der Waals surface area (Å²) in [6.45, 7) is 3.76. The van der Waals surface area contributed by atoms with Crippen LogP contribution in [0.4, 0.5) is 4.79 Å². The fraction of sp³-hybridized carbons (Fsp3) is 0.889. The predicted octanol–water partition coefficient (Wildman–Crippen LogP) is 2.61. The first-order chi connectivity index (χ1) is 11.2. The molecule has 5 heteroatoms. The van der Waals surface area contributed by atoms with Crippen molar-refractivity contribution in [3.63, 3.8) is 0 Å². The average molecular weight is 321 g/mol. The van der Waals surface area contributed by atoms with Crippen LogP contribution in [0.3, 0.4) is 0 Å². The molecule has 0 bridgehead atoms. The Morgan fingerprint density at radius 2 is 1.43 bits per heavy atom. The van der Waals surface area contributed by atoms with Crippen molar-refractivity contribution in [2.45, 2.75) is 57.8 Å². The Kier molecular flexibility index (Phi) is 5.79. The van der Waals surface area contributed by atoms with Gasteiger partial charge in [-0.1, -0.05) is 19.3 Å². The summed E-state index contributed by atoms with van der Waals surface area (Å²) < 4.78 is 0. The second-order valence-electron chi connectivity index (χ2n) is 7.56. The topological polar surface area (TPSA) is 52.7 Å². The van der Waals surface area contributed by atoms with Crippen LogP contribution in [0, 0.1) is 11.8 Å². The molecule has 2 aliphatic carbocycles. The van der Waals surface area contributed by atoms with Crippen LogP contribution in [0.2, 0.25) is 0 Å². The molecule has 2 saturated carbocycles. The van der Waals surface area contributed by atoms with E-state index in [1.165, 1.54) is 44.9 Å². The Morgan fingerprint density at radius 1 is 0.783 bits per heavy atom. The molecule has 0 aromatic heterocycles. The van der Waals surface area contributed by atoms with Crippen molar-refractivity contribution in [1.29, 1.82) is 0 Å². The summed E-state index contributed by atoms with van der Waals surface area (Å²) in [6, 6.07) is 0.0574. The van der Waals surface area contributed by atoms with Gasteiger partial charge >= 0.3 is 6.03 Å². The van der Waals surface area contributed by atoms with Crippen LogP contribution in [0.15, 0.2) is 0 Å². The molecule has 3 rings (SSSR count). The smallest absolute Gasteiger partial charge is 0.317 e. The summed E-state index contributed by atoms with van der Waals surface area (Å²) >= 11 is 0. The van der Waals surface area contributed by atoms with Crippen LogP contribution >= 0.6 is 0 Å². The minimum Gasteiger partial charge on any atom is -0.341 e. The molecule has 23 heavy (non-hydrogen) atoms. The third kappa shape index (κ3) is 4.61. The van der Waals surface area contributed by atoms with Gasteiger partial charge in [0.05, 0.1) is 0 Å². The highest BCUT2D eigenvalue weighted by atomic mass is 16.2. The highest BCUT2D eigenvalue weighted by Gasteiger charge is 2.26. The third-order valence-electron chi connectivity index (χ3n) is 5.84. The maximum atomic E-state index is 12.5. The summed E-state index contributed by atoms with van der Waals surface area (Å²) in [6.07, 6.45) is 10.4. The molecule has 0 aromatic rings. The van der Waals surface area contributed by atoms with Crippen molar-refractivity contribution in [1.82, 2.24) is 15.1 Å². The van der Waals surface area contributed by atoms with E-state index in [2.05, 4.69) is 5.32 Å². The minimum absolute atomic E-state index is 0.0574. The molecule has 0 atom stereocenters. The van der Waals surface area contributed by atoms with Crippen LogP contribution in [0.25, 0.3) is 0 Å². The van der Waals surface area contributed by atoms with E-state index in [4.69, 9.17) is 0 Å². The van der Waals surface area contributed by atoms with E-state index in [0.29, 0.717) is 37.3 Å². The van der Waals surface area contributed by atoms with Crippen molar-refractivity contribution in [3.8, 4) is 0 Å². The second kappa shape index (κ2) is 8.02. The van der Waals surface area contributed by atoms with Crippen molar-refractivity contribution < 1.29 is 9.59 Å². The Hall–Kier alpha value is -1.26. The van der Waals surface area contributed by atoms with Gasteiger partial charge in [0.25, 0.3) is 0 Å². The van der Waals surface area contributed by atoms with E-state index in [0.717, 1.165) is 26.1 Å². The quantitative estimate of drug-likeness (QED) is 0.865. The average Bonchev–Trinajstić information content (AvgIpc) is 2.86. The van der Waals surface area contributed by atoms with Gasteiger partial charge < -0.3 is 15.1 Å². The minimum atomic E-state index is 0.0574. The number of nitrogens with zero attached hydrogens (tertiary/aromatic N) is 2. The molecular formula is C18H31N3O2. The van der Waals surface area contributed by atoms with E-state index < -0.39 is 0 Å². The largest absolute Gasteiger partial charge is 0.341 e. The van der Waals surface area contributed by atoms with E-state index in [-0.39, 0.29) is 6.03 Å². The van der Waals surface area contributed by atoms with Gasteiger partial charge in [0, 0.05) is 39.1 Å². The fourth-order valence-corrected chi connectivity index (χ4v) is 4.00. The maximum Gasteiger partial charge on any atom is 0.317 e. The Bertz CT molecular complexity index is 416. The van der Waals surface area contributed by atoms with E-state index in [1.807, 2.05) is 9.80 Å². The Labute approximate surface area is 139 Å². The molecule has 3 aliphatic rings. The van der Waals surface area contributed by atoms with Gasteiger partial charge in [0.15, 0.2) is 0 Å². The lowest BCUT2D eigenvalue weighted by molar-refractivity contribution is -0.132. The van der Waals surface area contributed by atoms with Gasteiger partial charge in [-0.3, -0.25) is 4.79 Å². The van der Waals surface area contributed by atoms with Gasteiger partial charge in [0.1, 0.15) is 0 Å². The third-order valence-corrected chi connectivity index (χ3v) is 5.84. The number of nitrogens with one attached hydrogen (secondary N) is 1. The Balaban J connectivity index is 1.40. The summed E-state index contributed by atoms with van der Waals surface area (Å²) in [5.74, 6) is 1.59. The van der Waals surface area contributed by atoms with Crippen LogP contribution < -0.4 is 5.32 Å². The molecule has 3 fully saturated rings. The zero-order valence-electron chi connectivity index (χ0n) is 14.3. The standard InChI is InChI=1S/C18H31N3O2/c22-17(13-15-5-1-2-6-15)20-9-4-10-21(12-11-20)18(23)19-14-16-7-3-8-16/h15-16H,1-14H2,(H,19,23). The lowest BCUT2D eigenvalue weighted by Gasteiger charge is -2.28. The molecular weight excluding hydrogens is 290 g/mol. The molecule has 1 saturated heterocycles. The van der Waals surface area contributed by atoms with Crippen LogP contribution in [-0.2, 0) is 4.79 Å². The number of hydrogen-bond donors (Lipinski definition) is 1. The summed E-state index contributed by atoms with van der Waals surface area (Å²) in [7, 11) is 0. The summed E-state index contributed by atoms with van der Waals surface area (Å²) in [5.41, 5.74) is 0. The lowest BCUT2D eigenvalue weighted by atomic mass is 9.85. The van der Waals surface area contributed by atoms with Crippen molar-refractivity contribution in [2.75, 3.05) is 32.7 Å². The number of carbonyl (C=O) groups excluding carboxylic acids is 2. The second-order valence-corrected chi connectivity index (χ2v) is 7.56. The molecule has 3 amide bonds. The lowest BCUT2D eigenvalue weighted by Crippen LogP contribution is -2.44. The SMILES string of the molecule is O=C(CC1CCCC1)N1CCCN(C(=O)NCC2CCC2)CC1. The summed E-state index contributed by atoms with van der Waals surface area (Å²) in [5, 5.41) is 3.07. The molecule has 0 aromatic carbocycles. The summed E-state index contributed by atoms with van der Waals surface area (Å²) in [4.78, 5) is 28.6. The maximum absolute atomic E-state index is 12.5. The van der Waals surface area contributed by atoms with Crippen molar-refractivity contribution in [2.24, 2.45) is 11.8 Å². The van der Waals surface area contributed by atoms with Gasteiger partial charge in [-0.05, 0) is 43.9 Å². The zero-order chi connectivity index (χ0) is 16.1. The number of amides is 3. The molecule has 1 N–H and O–H groups in total. The van der Waals surface area contributed by atoms with Crippen molar-refractivity contribution >= 4 is 11.9 Å². The van der Waals surface area contributed by atoms with Crippen LogP contribution in [0.1, 0.15) is 57.8 Å². The fourth-order valence-electron chi connectivity index (χ4n) is 4.00. The first kappa shape index (κ1) is 16.6. The predicted molar refractivity (Wildman–Crippen MR) is 90.1 cm³/mol. The first-order valence-electron chi connectivity index (χ1n) is 9.53. The number of rotatable bonds is 4. The molecule has 0 unspecified atom stereocenters. The molecule has 130 valence electrons. The van der Waals surface area contributed by atoms with Gasteiger partial charge in [-0.2, -0.15) is 0 Å². The number of hydrogen-bond acceptors (Lipinski definition) is 2. The molecule has 0 spiro atoms. The molecule has 1 heterocycles. The van der Waals surface area contributed by atoms with E-state index in [1.54, 1.807) is 0 Å². The monoisotopic (exact) mass is 321 g/mol. The van der Waals surface area contributed by atoms with Gasteiger partial charge in [-0.25, -0.2) is 4.79 Å². The molecule has 5 nitrogen and oxygen atoms in total. The van der Waals surface area contributed by atoms with Gasteiger partial charge in [-0.15, -0.1) is 0 Å². The first-order valence-corrected chi connectivity index (χ1v) is 9.53. The molecule has 1 aliphatic heterocycles. The van der Waals surface area contributed by atoms with Crippen LogP contribution in [-0.4, -0.2) is 54.5 Å². The highest BCUT2D eigenvalue weighted by molar-refractivity contribution is 5.77.